The van der Waals surface area contributed by atoms with Gasteiger partial charge in [0.2, 0.25) is 0 Å². The Morgan fingerprint density at radius 2 is 2.00 bits per heavy atom. The molecule has 1 aliphatic heterocycles. The van der Waals surface area contributed by atoms with Crippen molar-refractivity contribution in [2.24, 2.45) is 0 Å². The Kier molecular flexibility index (Phi) is 3.95. The normalized spacial score (nSPS) is 16.8. The van der Waals surface area contributed by atoms with Crippen LogP contribution in [0, 0.1) is 6.92 Å². The van der Waals surface area contributed by atoms with E-state index in [1.165, 1.54) is 11.9 Å². The fraction of sp³-hybridized carbons (Fsp3) is 0.625. The highest BCUT2D eigenvalue weighted by atomic mass is 16.6. The molecule has 3 rings (SSSR count). The van der Waals surface area contributed by atoms with Gasteiger partial charge in [-0.3, -0.25) is 0 Å². The predicted octanol–water partition coefficient (Wildman–Crippen LogP) is 2.55. The van der Waals surface area contributed by atoms with Gasteiger partial charge in [-0.05, 0) is 52.0 Å². The summed E-state index contributed by atoms with van der Waals surface area (Å²) in [6.07, 6.45) is 5.11. The van der Waals surface area contributed by atoms with Crippen LogP contribution in [0.4, 0.5) is 4.79 Å². The number of rotatable bonds is 1. The molecule has 0 unspecified atom stereocenters. The Hall–Kier alpha value is -2.18. The number of ether oxygens (including phenoxy) is 1. The third-order valence-electron chi connectivity index (χ3n) is 4.09. The maximum absolute atomic E-state index is 12.1. The fourth-order valence-electron chi connectivity index (χ4n) is 2.96. The minimum Gasteiger partial charge on any atom is -0.444 e. The van der Waals surface area contributed by atoms with Crippen LogP contribution in [0.5, 0.6) is 0 Å². The van der Waals surface area contributed by atoms with E-state index in [2.05, 4.69) is 15.1 Å². The quantitative estimate of drug-likeness (QED) is 0.808. The van der Waals surface area contributed by atoms with E-state index < -0.39 is 5.60 Å². The first-order valence-electron chi connectivity index (χ1n) is 7.98. The van der Waals surface area contributed by atoms with Gasteiger partial charge >= 0.3 is 6.09 Å². The van der Waals surface area contributed by atoms with Gasteiger partial charge in [0, 0.05) is 25.0 Å². The van der Waals surface area contributed by atoms with Crippen molar-refractivity contribution in [3.05, 3.63) is 23.8 Å². The number of amides is 1. The van der Waals surface area contributed by atoms with E-state index in [0.717, 1.165) is 18.5 Å². The van der Waals surface area contributed by atoms with Crippen LogP contribution in [0.1, 0.15) is 50.8 Å². The summed E-state index contributed by atoms with van der Waals surface area (Å²) in [6, 6.07) is 0. The molecule has 124 valence electrons. The summed E-state index contributed by atoms with van der Waals surface area (Å²) in [5.74, 6) is 1.01. The van der Waals surface area contributed by atoms with Crippen molar-refractivity contribution in [1.82, 2.24) is 24.5 Å². The standard InChI is InChI=1S/C16H23N5O2/c1-11-13(9-21-14(19-11)17-10-18-21)12-5-7-20(8-6-12)15(22)23-16(2,3)4/h9-10,12H,5-8H2,1-4H3. The molecule has 0 aliphatic carbocycles. The molecule has 0 aromatic carbocycles. The first kappa shape index (κ1) is 15.7. The smallest absolute Gasteiger partial charge is 0.410 e. The highest BCUT2D eigenvalue weighted by molar-refractivity contribution is 5.68. The van der Waals surface area contributed by atoms with Crippen LogP contribution in [0.25, 0.3) is 5.78 Å². The van der Waals surface area contributed by atoms with Gasteiger partial charge in [-0.1, -0.05) is 0 Å². The summed E-state index contributed by atoms with van der Waals surface area (Å²) in [5.41, 5.74) is 1.72. The monoisotopic (exact) mass is 317 g/mol. The van der Waals surface area contributed by atoms with Gasteiger partial charge in [-0.15, -0.1) is 0 Å². The third-order valence-corrected chi connectivity index (χ3v) is 4.09. The van der Waals surface area contributed by atoms with Gasteiger partial charge in [0.15, 0.2) is 0 Å². The first-order valence-corrected chi connectivity index (χ1v) is 7.98. The van der Waals surface area contributed by atoms with E-state index in [-0.39, 0.29) is 6.09 Å². The number of aromatic nitrogens is 4. The SMILES string of the molecule is Cc1nc2ncnn2cc1C1CCN(C(=O)OC(C)(C)C)CC1. The minimum atomic E-state index is -0.452. The number of fused-ring (bicyclic) bond motifs is 1. The van der Waals surface area contributed by atoms with E-state index in [9.17, 15) is 4.79 Å². The molecule has 2 aromatic rings. The molecule has 1 amide bonds. The lowest BCUT2D eigenvalue weighted by atomic mass is 9.89. The second-order valence-electron chi connectivity index (χ2n) is 7.03. The lowest BCUT2D eigenvalue weighted by molar-refractivity contribution is 0.0204. The molecule has 3 heterocycles. The molecule has 1 fully saturated rings. The van der Waals surface area contributed by atoms with E-state index >= 15 is 0 Å². The highest BCUT2D eigenvalue weighted by Crippen LogP contribution is 2.30. The van der Waals surface area contributed by atoms with Crippen LogP contribution in [-0.2, 0) is 4.74 Å². The van der Waals surface area contributed by atoms with Gasteiger partial charge in [0.1, 0.15) is 11.9 Å². The summed E-state index contributed by atoms with van der Waals surface area (Å²) in [5, 5.41) is 4.16. The summed E-state index contributed by atoms with van der Waals surface area (Å²) >= 11 is 0. The van der Waals surface area contributed by atoms with Crippen LogP contribution in [0.2, 0.25) is 0 Å². The maximum Gasteiger partial charge on any atom is 0.410 e. The Labute approximate surface area is 135 Å². The van der Waals surface area contributed by atoms with E-state index in [0.29, 0.717) is 24.8 Å². The molecular weight excluding hydrogens is 294 g/mol. The number of likely N-dealkylation sites (tertiary alicyclic amines) is 1. The first-order chi connectivity index (χ1) is 10.8. The number of aryl methyl sites for hydroxylation is 1. The molecule has 0 bridgehead atoms. The third kappa shape index (κ3) is 3.43. The van der Waals surface area contributed by atoms with Crippen molar-refractivity contribution in [2.45, 2.75) is 52.1 Å². The summed E-state index contributed by atoms with van der Waals surface area (Å²) < 4.78 is 7.15. The number of hydrogen-bond donors (Lipinski definition) is 0. The van der Waals surface area contributed by atoms with Crippen LogP contribution in [-0.4, -0.2) is 49.3 Å². The highest BCUT2D eigenvalue weighted by Gasteiger charge is 2.28. The molecule has 0 spiro atoms. The van der Waals surface area contributed by atoms with Crippen LogP contribution >= 0.6 is 0 Å². The zero-order chi connectivity index (χ0) is 16.6. The molecule has 0 atom stereocenters. The van der Waals surface area contributed by atoms with Crippen LogP contribution < -0.4 is 0 Å². The maximum atomic E-state index is 12.1. The predicted molar refractivity (Wildman–Crippen MR) is 85.3 cm³/mol. The lowest BCUT2D eigenvalue weighted by Crippen LogP contribution is -2.41. The van der Waals surface area contributed by atoms with E-state index in [1.807, 2.05) is 33.9 Å². The Bertz CT molecular complexity index is 711. The molecule has 7 heteroatoms. The van der Waals surface area contributed by atoms with Gasteiger partial charge in [-0.25, -0.2) is 14.3 Å². The molecule has 2 aromatic heterocycles. The summed E-state index contributed by atoms with van der Waals surface area (Å²) in [4.78, 5) is 22.5. The molecule has 1 aliphatic rings. The van der Waals surface area contributed by atoms with Crippen molar-refractivity contribution in [2.75, 3.05) is 13.1 Å². The molecule has 1 saturated heterocycles. The number of carbonyl (C=O) groups excluding carboxylic acids is 1. The molecule has 0 saturated carbocycles. The molecule has 0 N–H and O–H groups in total. The van der Waals surface area contributed by atoms with Crippen LogP contribution in [0.3, 0.4) is 0 Å². The number of nitrogens with zero attached hydrogens (tertiary/aromatic N) is 5. The van der Waals surface area contributed by atoms with E-state index in [1.54, 1.807) is 9.42 Å². The largest absolute Gasteiger partial charge is 0.444 e. The Balaban J connectivity index is 1.68. The van der Waals surface area contributed by atoms with Gasteiger partial charge < -0.3 is 9.64 Å². The summed E-state index contributed by atoms with van der Waals surface area (Å²) in [7, 11) is 0. The van der Waals surface area contributed by atoms with Crippen molar-refractivity contribution >= 4 is 11.9 Å². The Morgan fingerprint density at radius 3 is 2.65 bits per heavy atom. The molecule has 7 nitrogen and oxygen atoms in total. The van der Waals surface area contributed by atoms with Gasteiger partial charge in [0.25, 0.3) is 5.78 Å². The van der Waals surface area contributed by atoms with Crippen molar-refractivity contribution in [3.8, 4) is 0 Å². The molecule has 0 radical (unpaired) electrons. The van der Waals surface area contributed by atoms with Crippen molar-refractivity contribution in [1.29, 1.82) is 0 Å². The van der Waals surface area contributed by atoms with Gasteiger partial charge in [-0.2, -0.15) is 10.1 Å². The number of carbonyl (C=O) groups is 1. The van der Waals surface area contributed by atoms with Crippen molar-refractivity contribution in [3.63, 3.8) is 0 Å². The van der Waals surface area contributed by atoms with Crippen molar-refractivity contribution < 1.29 is 9.53 Å². The average Bonchev–Trinajstić information content (AvgIpc) is 2.92. The zero-order valence-electron chi connectivity index (χ0n) is 14.1. The number of hydrogen-bond acceptors (Lipinski definition) is 5. The second kappa shape index (κ2) is 5.79. The average molecular weight is 317 g/mol. The zero-order valence-corrected chi connectivity index (χ0v) is 14.1. The summed E-state index contributed by atoms with van der Waals surface area (Å²) in [6.45, 7) is 9.08. The number of piperidine rings is 1. The molecular formula is C16H23N5O2. The van der Waals surface area contributed by atoms with E-state index in [4.69, 9.17) is 4.74 Å². The fourth-order valence-corrected chi connectivity index (χ4v) is 2.96. The molecule has 23 heavy (non-hydrogen) atoms. The van der Waals surface area contributed by atoms with Gasteiger partial charge in [0.05, 0.1) is 0 Å². The lowest BCUT2D eigenvalue weighted by Gasteiger charge is -2.33. The second-order valence-corrected chi connectivity index (χ2v) is 7.03. The van der Waals surface area contributed by atoms with Crippen LogP contribution in [0.15, 0.2) is 12.5 Å². The topological polar surface area (TPSA) is 72.6 Å². The minimum absolute atomic E-state index is 0.225. The Morgan fingerprint density at radius 1 is 1.30 bits per heavy atom.